The van der Waals surface area contributed by atoms with Crippen LogP contribution in [0.5, 0.6) is 0 Å². The predicted octanol–water partition coefficient (Wildman–Crippen LogP) is 2.60. The zero-order chi connectivity index (χ0) is 20.3. The number of rotatable bonds is 4. The molecule has 150 valence electrons. The average Bonchev–Trinajstić information content (AvgIpc) is 3.27. The Bertz CT molecular complexity index is 981. The van der Waals surface area contributed by atoms with Crippen LogP contribution in [0.2, 0.25) is 0 Å². The third-order valence-electron chi connectivity index (χ3n) is 5.47. The quantitative estimate of drug-likeness (QED) is 0.707. The first kappa shape index (κ1) is 19.0. The molecule has 1 aromatic carbocycles. The van der Waals surface area contributed by atoms with E-state index in [1.807, 2.05) is 0 Å². The highest BCUT2D eigenvalue weighted by Crippen LogP contribution is 2.54. The van der Waals surface area contributed by atoms with Crippen molar-refractivity contribution >= 4 is 21.9 Å². The summed E-state index contributed by atoms with van der Waals surface area (Å²) in [6.45, 7) is -0.729. The first-order valence-corrected chi connectivity index (χ1v) is 10.2. The van der Waals surface area contributed by atoms with Crippen LogP contribution >= 0.6 is 0 Å². The Morgan fingerprint density at radius 1 is 1.14 bits per heavy atom. The minimum Gasteiger partial charge on any atom is -0.443 e. The highest BCUT2D eigenvalue weighted by molar-refractivity contribution is 7.94. The van der Waals surface area contributed by atoms with E-state index < -0.39 is 40.4 Å². The lowest BCUT2D eigenvalue weighted by molar-refractivity contribution is -0.147. The smallest absolute Gasteiger partial charge is 0.416 e. The van der Waals surface area contributed by atoms with Gasteiger partial charge in [-0.05, 0) is 48.8 Å². The molecule has 2 bridgehead atoms. The van der Waals surface area contributed by atoms with Crippen LogP contribution in [0, 0.1) is 11.8 Å². The first-order chi connectivity index (χ1) is 13.1. The van der Waals surface area contributed by atoms with Gasteiger partial charge in [-0.2, -0.15) is 17.5 Å². The van der Waals surface area contributed by atoms with Gasteiger partial charge in [-0.15, -0.1) is 0 Å². The van der Waals surface area contributed by atoms with Gasteiger partial charge in [-0.25, -0.2) is 8.42 Å². The summed E-state index contributed by atoms with van der Waals surface area (Å²) < 4.78 is 68.4. The molecule has 6 nitrogen and oxygen atoms in total. The molecule has 1 saturated carbocycles. The predicted molar refractivity (Wildman–Crippen MR) is 89.7 cm³/mol. The molecule has 2 unspecified atom stereocenters. The van der Waals surface area contributed by atoms with Gasteiger partial charge in [-0.3, -0.25) is 9.59 Å². The molecule has 1 heterocycles. The van der Waals surface area contributed by atoms with Crippen LogP contribution < -0.4 is 0 Å². The molecule has 0 N–H and O–H groups in total. The van der Waals surface area contributed by atoms with Crippen LogP contribution in [0.15, 0.2) is 34.7 Å². The number of carbonyl (C=O) groups excluding carboxylic acids is 2. The number of amides is 1. The lowest BCUT2D eigenvalue weighted by atomic mass is 9.98. The minimum atomic E-state index is -4.48. The summed E-state index contributed by atoms with van der Waals surface area (Å²) >= 11 is 0. The molecular formula is C18H16F3NO5S. The Morgan fingerprint density at radius 3 is 2.39 bits per heavy atom. The van der Waals surface area contributed by atoms with E-state index in [1.54, 1.807) is 0 Å². The minimum absolute atomic E-state index is 0.0462. The summed E-state index contributed by atoms with van der Waals surface area (Å²) in [4.78, 5) is 24.6. The average molecular weight is 415 g/mol. The van der Waals surface area contributed by atoms with Crippen molar-refractivity contribution in [2.45, 2.75) is 31.9 Å². The molecule has 3 aliphatic rings. The molecule has 10 heteroatoms. The number of carbonyl (C=O) groups is 2. The molecule has 28 heavy (non-hydrogen) atoms. The number of ether oxygens (including phenoxy) is 1. The van der Waals surface area contributed by atoms with Gasteiger partial charge in [0, 0.05) is 5.57 Å². The molecule has 1 aliphatic heterocycles. The van der Waals surface area contributed by atoms with Crippen LogP contribution in [0.1, 0.15) is 30.4 Å². The van der Waals surface area contributed by atoms with E-state index in [-0.39, 0.29) is 28.7 Å². The van der Waals surface area contributed by atoms with Crippen LogP contribution in [-0.2, 0) is 36.9 Å². The Kier molecular flexibility index (Phi) is 4.29. The van der Waals surface area contributed by atoms with Crippen molar-refractivity contribution < 1.29 is 35.9 Å². The maximum atomic E-state index is 12.6. The van der Waals surface area contributed by atoms with Crippen molar-refractivity contribution in [1.29, 1.82) is 0 Å². The number of halogens is 3. The van der Waals surface area contributed by atoms with E-state index in [0.29, 0.717) is 16.3 Å². The number of hydrogen-bond acceptors (Lipinski definition) is 5. The van der Waals surface area contributed by atoms with Crippen LogP contribution in [0.25, 0.3) is 0 Å². The number of fused-ring (bicyclic) bond motifs is 4. The lowest BCUT2D eigenvalue weighted by Crippen LogP contribution is -2.36. The Hall–Kier alpha value is -2.36. The van der Waals surface area contributed by atoms with Gasteiger partial charge in [0.05, 0.1) is 16.9 Å². The molecule has 0 saturated heterocycles. The summed E-state index contributed by atoms with van der Waals surface area (Å²) in [6, 6.07) is 3.99. The molecule has 0 spiro atoms. The molecule has 1 fully saturated rings. The van der Waals surface area contributed by atoms with E-state index in [4.69, 9.17) is 4.74 Å². The number of esters is 1. The molecule has 0 radical (unpaired) electrons. The molecule has 2 atom stereocenters. The Labute approximate surface area is 159 Å². The second-order valence-corrected chi connectivity index (χ2v) is 8.99. The number of hydrogen-bond donors (Lipinski definition) is 0. The SMILES string of the molecule is O=C(Cc1ccc(C(F)(F)F)cc1)OCN1C(=O)C2=C(C3CCC2C3)S1(=O)=O. The molecular weight excluding hydrogens is 399 g/mol. The number of allylic oxidation sites excluding steroid dienone is 1. The highest BCUT2D eigenvalue weighted by Gasteiger charge is 2.55. The van der Waals surface area contributed by atoms with E-state index in [0.717, 1.165) is 37.1 Å². The second kappa shape index (κ2) is 6.33. The third kappa shape index (κ3) is 2.99. The molecule has 1 amide bonds. The molecule has 0 aromatic heterocycles. The Balaban J connectivity index is 1.39. The van der Waals surface area contributed by atoms with Gasteiger partial charge in [-0.1, -0.05) is 12.1 Å². The van der Waals surface area contributed by atoms with Crippen molar-refractivity contribution in [2.75, 3.05) is 6.73 Å². The topological polar surface area (TPSA) is 80.8 Å². The summed E-state index contributed by atoms with van der Waals surface area (Å²) in [7, 11) is -3.97. The number of alkyl halides is 3. The van der Waals surface area contributed by atoms with Crippen molar-refractivity contribution in [1.82, 2.24) is 4.31 Å². The second-order valence-electron chi connectivity index (χ2n) is 7.16. The molecule has 2 aliphatic carbocycles. The third-order valence-corrected chi connectivity index (χ3v) is 7.44. The van der Waals surface area contributed by atoms with E-state index in [2.05, 4.69) is 0 Å². The highest BCUT2D eigenvalue weighted by atomic mass is 32.2. The lowest BCUT2D eigenvalue weighted by Gasteiger charge is -2.19. The van der Waals surface area contributed by atoms with Crippen molar-refractivity contribution in [3.05, 3.63) is 45.9 Å². The van der Waals surface area contributed by atoms with E-state index >= 15 is 0 Å². The largest absolute Gasteiger partial charge is 0.443 e. The zero-order valence-electron chi connectivity index (χ0n) is 14.5. The van der Waals surface area contributed by atoms with Crippen LogP contribution in [0.3, 0.4) is 0 Å². The first-order valence-electron chi connectivity index (χ1n) is 8.72. The van der Waals surface area contributed by atoms with Crippen molar-refractivity contribution in [3.8, 4) is 0 Å². The fraction of sp³-hybridized carbons (Fsp3) is 0.444. The number of nitrogens with zero attached hydrogens (tertiary/aromatic N) is 1. The van der Waals surface area contributed by atoms with E-state index in [9.17, 15) is 31.2 Å². The van der Waals surface area contributed by atoms with E-state index in [1.165, 1.54) is 0 Å². The summed E-state index contributed by atoms with van der Waals surface area (Å²) in [5.41, 5.74) is -0.226. The maximum Gasteiger partial charge on any atom is 0.416 e. The fourth-order valence-electron chi connectivity index (χ4n) is 4.18. The van der Waals surface area contributed by atoms with Gasteiger partial charge in [0.2, 0.25) is 0 Å². The maximum absolute atomic E-state index is 12.6. The van der Waals surface area contributed by atoms with Gasteiger partial charge in [0.1, 0.15) is 0 Å². The zero-order valence-corrected chi connectivity index (χ0v) is 15.3. The summed E-state index contributed by atoms with van der Waals surface area (Å²) in [5, 5.41) is 0. The van der Waals surface area contributed by atoms with Gasteiger partial charge in [0.25, 0.3) is 15.9 Å². The normalized spacial score (nSPS) is 25.4. The molecule has 4 rings (SSSR count). The van der Waals surface area contributed by atoms with Gasteiger partial charge < -0.3 is 4.74 Å². The van der Waals surface area contributed by atoms with Crippen molar-refractivity contribution in [3.63, 3.8) is 0 Å². The fourth-order valence-corrected chi connectivity index (χ4v) is 6.10. The van der Waals surface area contributed by atoms with Crippen LogP contribution in [0.4, 0.5) is 13.2 Å². The van der Waals surface area contributed by atoms with Gasteiger partial charge in [0.15, 0.2) is 6.73 Å². The standard InChI is InChI=1S/C18H16F3NO5S/c19-18(20,21)13-5-1-10(2-6-13)7-14(23)27-9-22-17(24)15-11-3-4-12(8-11)16(15)28(22,25)26/h1-2,5-6,11-12H,3-4,7-9H2. The molecule has 1 aromatic rings. The number of sulfonamides is 1. The number of benzene rings is 1. The van der Waals surface area contributed by atoms with Crippen molar-refractivity contribution in [2.24, 2.45) is 11.8 Å². The monoisotopic (exact) mass is 415 g/mol. The summed E-state index contributed by atoms with van der Waals surface area (Å²) in [5.74, 6) is -1.65. The van der Waals surface area contributed by atoms with Gasteiger partial charge >= 0.3 is 12.1 Å². The van der Waals surface area contributed by atoms with Crippen LogP contribution in [-0.4, -0.2) is 31.3 Å². The Morgan fingerprint density at radius 2 is 1.79 bits per heavy atom. The summed E-state index contributed by atoms with van der Waals surface area (Å²) in [6.07, 6.45) is -2.62.